The molecule has 1 aliphatic heterocycles. The molecule has 0 saturated carbocycles. The second-order valence-electron chi connectivity index (χ2n) is 4.14. The van der Waals surface area contributed by atoms with E-state index in [0.29, 0.717) is 13.0 Å². The van der Waals surface area contributed by atoms with Crippen LogP contribution in [0.15, 0.2) is 0 Å². The summed E-state index contributed by atoms with van der Waals surface area (Å²) in [6, 6.07) is 0. The zero-order valence-corrected chi connectivity index (χ0v) is 9.42. The molecule has 1 fully saturated rings. The Labute approximate surface area is 96.7 Å². The van der Waals surface area contributed by atoms with Crippen LogP contribution in [-0.4, -0.2) is 43.2 Å². The van der Waals surface area contributed by atoms with Crippen molar-refractivity contribution in [1.29, 1.82) is 0 Å². The predicted octanol–water partition coefficient (Wildman–Crippen LogP) is 1.84. The molecule has 0 spiro atoms. The number of aliphatic carboxylic acids is 1. The van der Waals surface area contributed by atoms with E-state index < -0.39 is 30.3 Å². The van der Waals surface area contributed by atoms with E-state index in [0.717, 1.165) is 0 Å². The van der Waals surface area contributed by atoms with Crippen molar-refractivity contribution < 1.29 is 32.5 Å². The van der Waals surface area contributed by atoms with Crippen molar-refractivity contribution in [2.45, 2.75) is 32.0 Å². The van der Waals surface area contributed by atoms with E-state index in [2.05, 4.69) is 4.74 Å². The molecular weight excluding hydrogens is 241 g/mol. The predicted molar refractivity (Wildman–Crippen MR) is 51.6 cm³/mol. The number of hydrogen-bond acceptors (Lipinski definition) is 3. The average Bonchev–Trinajstić information content (AvgIpc) is 2.54. The van der Waals surface area contributed by atoms with Gasteiger partial charge in [-0.25, -0.2) is 0 Å². The highest BCUT2D eigenvalue weighted by Gasteiger charge is 2.48. The summed E-state index contributed by atoms with van der Waals surface area (Å²) in [6.45, 7) is 0.342. The summed E-state index contributed by atoms with van der Waals surface area (Å²) >= 11 is 0. The maximum Gasteiger partial charge on any atom is 0.411 e. The minimum Gasteiger partial charge on any atom is -0.481 e. The van der Waals surface area contributed by atoms with Crippen molar-refractivity contribution in [2.24, 2.45) is 5.41 Å². The first-order chi connectivity index (χ1) is 7.78. The van der Waals surface area contributed by atoms with Crippen LogP contribution in [0.1, 0.15) is 19.8 Å². The topological polar surface area (TPSA) is 55.8 Å². The fourth-order valence-corrected chi connectivity index (χ4v) is 1.94. The molecule has 2 unspecified atom stereocenters. The summed E-state index contributed by atoms with van der Waals surface area (Å²) in [5.74, 6) is -1.04. The molecule has 100 valence electrons. The minimum atomic E-state index is -4.38. The molecule has 0 aromatic rings. The number of alkyl halides is 3. The third-order valence-electron chi connectivity index (χ3n) is 3.08. The van der Waals surface area contributed by atoms with E-state index in [1.165, 1.54) is 0 Å². The number of ether oxygens (including phenoxy) is 2. The fraction of sp³-hybridized carbons (Fsp3) is 0.900. The highest BCUT2D eigenvalue weighted by molar-refractivity contribution is 5.75. The van der Waals surface area contributed by atoms with Gasteiger partial charge in [-0.3, -0.25) is 4.79 Å². The van der Waals surface area contributed by atoms with Crippen LogP contribution in [0.2, 0.25) is 0 Å². The van der Waals surface area contributed by atoms with Gasteiger partial charge in [-0.15, -0.1) is 0 Å². The summed E-state index contributed by atoms with van der Waals surface area (Å²) in [5.41, 5.74) is -1.12. The first-order valence-electron chi connectivity index (χ1n) is 5.27. The Balaban J connectivity index is 2.44. The highest BCUT2D eigenvalue weighted by Crippen LogP contribution is 2.38. The van der Waals surface area contributed by atoms with Gasteiger partial charge in [0.05, 0.1) is 11.5 Å². The molecule has 1 saturated heterocycles. The number of halogens is 3. The van der Waals surface area contributed by atoms with E-state index in [9.17, 15) is 18.0 Å². The number of carboxylic acid groups (broad SMARTS) is 1. The average molecular weight is 256 g/mol. The minimum absolute atomic E-state index is 0.0274. The standard InChI is InChI=1S/C10H15F3O4/c1-7-9(8(14)15,3-5-17-7)2-4-16-6-10(11,12)13/h7H,2-6H2,1H3,(H,14,15). The molecule has 1 heterocycles. The molecule has 1 aliphatic rings. The second-order valence-corrected chi connectivity index (χ2v) is 4.14. The zero-order chi connectivity index (χ0) is 13.1. The van der Waals surface area contributed by atoms with Gasteiger partial charge in [-0.2, -0.15) is 13.2 Å². The van der Waals surface area contributed by atoms with Gasteiger partial charge in [0, 0.05) is 13.2 Å². The van der Waals surface area contributed by atoms with E-state index in [4.69, 9.17) is 9.84 Å². The van der Waals surface area contributed by atoms with Crippen LogP contribution in [-0.2, 0) is 14.3 Å². The van der Waals surface area contributed by atoms with Gasteiger partial charge in [0.1, 0.15) is 6.61 Å². The number of carbonyl (C=O) groups is 1. The smallest absolute Gasteiger partial charge is 0.411 e. The molecule has 1 rings (SSSR count). The summed E-state index contributed by atoms with van der Waals surface area (Å²) in [7, 11) is 0. The molecule has 17 heavy (non-hydrogen) atoms. The lowest BCUT2D eigenvalue weighted by atomic mass is 9.79. The third-order valence-corrected chi connectivity index (χ3v) is 3.08. The Morgan fingerprint density at radius 1 is 1.59 bits per heavy atom. The third kappa shape index (κ3) is 3.57. The van der Waals surface area contributed by atoms with Crippen LogP contribution < -0.4 is 0 Å². The molecule has 1 N–H and O–H groups in total. The van der Waals surface area contributed by atoms with Crippen molar-refractivity contribution in [3.8, 4) is 0 Å². The fourth-order valence-electron chi connectivity index (χ4n) is 1.94. The van der Waals surface area contributed by atoms with Crippen molar-refractivity contribution in [3.63, 3.8) is 0 Å². The van der Waals surface area contributed by atoms with Crippen LogP contribution in [0.4, 0.5) is 13.2 Å². The van der Waals surface area contributed by atoms with Crippen LogP contribution in [0.5, 0.6) is 0 Å². The molecule has 0 aromatic carbocycles. The number of hydrogen-bond donors (Lipinski definition) is 1. The van der Waals surface area contributed by atoms with E-state index in [1.54, 1.807) is 6.92 Å². The van der Waals surface area contributed by atoms with Crippen LogP contribution >= 0.6 is 0 Å². The lowest BCUT2D eigenvalue weighted by molar-refractivity contribution is -0.177. The zero-order valence-electron chi connectivity index (χ0n) is 9.42. The van der Waals surface area contributed by atoms with Crippen LogP contribution in [0.25, 0.3) is 0 Å². The quantitative estimate of drug-likeness (QED) is 0.762. The maximum atomic E-state index is 11.8. The SMILES string of the molecule is CC1OCCC1(CCOCC(F)(F)F)C(=O)O. The Hall–Kier alpha value is -0.820. The van der Waals surface area contributed by atoms with Gasteiger partial charge >= 0.3 is 12.1 Å². The van der Waals surface area contributed by atoms with Gasteiger partial charge in [0.15, 0.2) is 0 Å². The van der Waals surface area contributed by atoms with E-state index >= 15 is 0 Å². The first kappa shape index (κ1) is 14.2. The molecular formula is C10H15F3O4. The Morgan fingerprint density at radius 3 is 2.65 bits per heavy atom. The van der Waals surface area contributed by atoms with Crippen LogP contribution in [0.3, 0.4) is 0 Å². The second kappa shape index (κ2) is 5.22. The monoisotopic (exact) mass is 256 g/mol. The first-order valence-corrected chi connectivity index (χ1v) is 5.27. The summed E-state index contributed by atoms with van der Waals surface area (Å²) in [6.07, 6.45) is -4.55. The summed E-state index contributed by atoms with van der Waals surface area (Å²) in [4.78, 5) is 11.2. The molecule has 0 aromatic heterocycles. The molecule has 2 atom stereocenters. The van der Waals surface area contributed by atoms with E-state index in [1.807, 2.05) is 0 Å². The largest absolute Gasteiger partial charge is 0.481 e. The van der Waals surface area contributed by atoms with Gasteiger partial charge in [-0.1, -0.05) is 0 Å². The molecule has 4 nitrogen and oxygen atoms in total. The molecule has 0 aliphatic carbocycles. The normalized spacial score (nSPS) is 29.5. The molecule has 0 amide bonds. The van der Waals surface area contributed by atoms with Gasteiger partial charge < -0.3 is 14.6 Å². The highest BCUT2D eigenvalue weighted by atomic mass is 19.4. The lowest BCUT2D eigenvalue weighted by Gasteiger charge is -2.27. The Morgan fingerprint density at radius 2 is 2.24 bits per heavy atom. The molecule has 7 heteroatoms. The van der Waals surface area contributed by atoms with E-state index in [-0.39, 0.29) is 13.0 Å². The summed E-state index contributed by atoms with van der Waals surface area (Å²) < 4.78 is 45.1. The maximum absolute atomic E-state index is 11.8. The van der Waals surface area contributed by atoms with Crippen molar-refractivity contribution in [3.05, 3.63) is 0 Å². The number of carboxylic acids is 1. The van der Waals surface area contributed by atoms with Gasteiger partial charge in [0.2, 0.25) is 0 Å². The van der Waals surface area contributed by atoms with Gasteiger partial charge in [0.25, 0.3) is 0 Å². The summed E-state index contributed by atoms with van der Waals surface area (Å²) in [5, 5.41) is 9.14. The number of rotatable bonds is 5. The molecule has 0 radical (unpaired) electrons. The Bertz CT molecular complexity index is 279. The van der Waals surface area contributed by atoms with Gasteiger partial charge in [-0.05, 0) is 19.8 Å². The van der Waals surface area contributed by atoms with Crippen molar-refractivity contribution in [1.82, 2.24) is 0 Å². The van der Waals surface area contributed by atoms with Crippen LogP contribution in [0, 0.1) is 5.41 Å². The van der Waals surface area contributed by atoms with Crippen molar-refractivity contribution >= 4 is 5.97 Å². The van der Waals surface area contributed by atoms with Crippen molar-refractivity contribution in [2.75, 3.05) is 19.8 Å². The Kier molecular flexibility index (Phi) is 4.37. The lowest BCUT2D eigenvalue weighted by Crippen LogP contribution is -2.38. The molecule has 0 bridgehead atoms.